The molecule has 3 N–H and O–H groups in total. The monoisotopic (exact) mass is 388 g/mol. The Hall–Kier alpha value is -2.75. The number of urea groups is 1. The summed E-state index contributed by atoms with van der Waals surface area (Å²) in [6.07, 6.45) is 3.98. The van der Waals surface area contributed by atoms with Gasteiger partial charge < -0.3 is 24.8 Å². The molecule has 10 heteroatoms. The van der Waals surface area contributed by atoms with E-state index in [9.17, 15) is 24.5 Å². The number of carbonyl (C=O) groups excluding carboxylic acids is 2. The molecular formula is C18H21BN2O7. The number of imide groups is 1. The van der Waals surface area contributed by atoms with Crippen LogP contribution in [-0.4, -0.2) is 58.6 Å². The molecule has 148 valence electrons. The maximum atomic E-state index is 13.1. The van der Waals surface area contributed by atoms with Gasteiger partial charge in [0.2, 0.25) is 0 Å². The molecule has 3 aliphatic rings. The van der Waals surface area contributed by atoms with E-state index >= 15 is 0 Å². The van der Waals surface area contributed by atoms with Crippen molar-refractivity contribution >= 4 is 25.0 Å². The maximum absolute atomic E-state index is 13.1. The maximum Gasteiger partial charge on any atom is 0.547 e. The van der Waals surface area contributed by atoms with Gasteiger partial charge in [-0.25, -0.2) is 9.59 Å². The van der Waals surface area contributed by atoms with Crippen molar-refractivity contribution in [2.75, 3.05) is 7.11 Å². The fourth-order valence-corrected chi connectivity index (χ4v) is 4.46. The highest BCUT2D eigenvalue weighted by Crippen LogP contribution is 2.40. The van der Waals surface area contributed by atoms with E-state index in [2.05, 4.69) is 5.32 Å². The molecule has 1 aromatic carbocycles. The summed E-state index contributed by atoms with van der Waals surface area (Å²) in [5.74, 6) is -2.44. The molecule has 2 heterocycles. The van der Waals surface area contributed by atoms with Crippen LogP contribution in [0.4, 0.5) is 4.79 Å². The second-order valence-corrected chi connectivity index (χ2v) is 7.46. The SMILES string of the molecule is COc1ccc2c(c1C(=O)O)OB(O)[C@@H](N1C(=O)NC3(CCCCC3)C1=O)C2. The molecule has 1 saturated heterocycles. The van der Waals surface area contributed by atoms with E-state index in [0.29, 0.717) is 18.4 Å². The fraction of sp³-hybridized carbons (Fsp3) is 0.500. The number of benzene rings is 1. The number of carboxylic acid groups (broad SMARTS) is 1. The summed E-state index contributed by atoms with van der Waals surface area (Å²) < 4.78 is 10.6. The molecule has 2 aliphatic heterocycles. The highest BCUT2D eigenvalue weighted by atomic mass is 16.5. The number of amides is 3. The van der Waals surface area contributed by atoms with Crippen LogP contribution in [0.3, 0.4) is 0 Å². The summed E-state index contributed by atoms with van der Waals surface area (Å²) in [6, 6.07) is 2.57. The summed E-state index contributed by atoms with van der Waals surface area (Å²) in [7, 11) is -0.196. The van der Waals surface area contributed by atoms with E-state index in [4.69, 9.17) is 9.39 Å². The molecule has 28 heavy (non-hydrogen) atoms. The lowest BCUT2D eigenvalue weighted by Gasteiger charge is -2.34. The van der Waals surface area contributed by atoms with Gasteiger partial charge in [-0.15, -0.1) is 0 Å². The zero-order valence-corrected chi connectivity index (χ0v) is 15.4. The van der Waals surface area contributed by atoms with Crippen molar-refractivity contribution in [3.05, 3.63) is 23.3 Å². The third-order valence-corrected chi connectivity index (χ3v) is 5.86. The van der Waals surface area contributed by atoms with Crippen molar-refractivity contribution in [1.82, 2.24) is 10.2 Å². The van der Waals surface area contributed by atoms with Crippen LogP contribution in [0, 0.1) is 0 Å². The van der Waals surface area contributed by atoms with Gasteiger partial charge in [0, 0.05) is 0 Å². The molecule has 9 nitrogen and oxygen atoms in total. The average molecular weight is 388 g/mol. The zero-order valence-electron chi connectivity index (χ0n) is 15.4. The number of nitrogens with one attached hydrogen (secondary N) is 1. The quantitative estimate of drug-likeness (QED) is 0.521. The largest absolute Gasteiger partial charge is 0.547 e. The van der Waals surface area contributed by atoms with Gasteiger partial charge >= 0.3 is 19.1 Å². The van der Waals surface area contributed by atoms with Crippen LogP contribution in [0.15, 0.2) is 12.1 Å². The number of nitrogens with zero attached hydrogens (tertiary/aromatic N) is 1. The van der Waals surface area contributed by atoms with Gasteiger partial charge in [-0.3, -0.25) is 9.69 Å². The molecule has 1 aromatic rings. The molecule has 0 aromatic heterocycles. The van der Waals surface area contributed by atoms with Crippen molar-refractivity contribution in [1.29, 1.82) is 0 Å². The van der Waals surface area contributed by atoms with E-state index in [1.165, 1.54) is 13.2 Å². The third kappa shape index (κ3) is 2.70. The lowest BCUT2D eigenvalue weighted by molar-refractivity contribution is -0.133. The Morgan fingerprint density at radius 2 is 2.04 bits per heavy atom. The van der Waals surface area contributed by atoms with Gasteiger partial charge in [-0.2, -0.15) is 0 Å². The molecular weight excluding hydrogens is 367 g/mol. The lowest BCUT2D eigenvalue weighted by atomic mass is 9.70. The number of fused-ring (bicyclic) bond motifs is 1. The second kappa shape index (κ2) is 6.70. The van der Waals surface area contributed by atoms with Crippen molar-refractivity contribution in [2.24, 2.45) is 0 Å². The van der Waals surface area contributed by atoms with E-state index in [0.717, 1.165) is 24.2 Å². The first-order valence-electron chi connectivity index (χ1n) is 9.31. The normalized spacial score (nSPS) is 23.3. The molecule has 4 rings (SSSR count). The summed E-state index contributed by atoms with van der Waals surface area (Å²) in [4.78, 5) is 38.4. The third-order valence-electron chi connectivity index (χ3n) is 5.86. The molecule has 1 atom stereocenters. The first-order chi connectivity index (χ1) is 13.4. The number of hydrogen-bond acceptors (Lipinski definition) is 6. The predicted octanol–water partition coefficient (Wildman–Crippen LogP) is 0.971. The number of aromatic carboxylic acids is 1. The predicted molar refractivity (Wildman–Crippen MR) is 97.2 cm³/mol. The molecule has 1 spiro atoms. The van der Waals surface area contributed by atoms with Crippen molar-refractivity contribution in [3.63, 3.8) is 0 Å². The van der Waals surface area contributed by atoms with E-state index in [1.807, 2.05) is 0 Å². The summed E-state index contributed by atoms with van der Waals surface area (Å²) in [6.45, 7) is 0. The molecule has 1 saturated carbocycles. The zero-order chi connectivity index (χ0) is 20.1. The first kappa shape index (κ1) is 18.6. The smallest absolute Gasteiger partial charge is 0.534 e. The van der Waals surface area contributed by atoms with Crippen molar-refractivity contribution in [3.8, 4) is 11.5 Å². The Balaban J connectivity index is 1.67. The number of methoxy groups -OCH3 is 1. The highest BCUT2D eigenvalue weighted by Gasteiger charge is 2.56. The second-order valence-electron chi connectivity index (χ2n) is 7.46. The molecule has 0 bridgehead atoms. The Kier molecular flexibility index (Phi) is 4.45. The topological polar surface area (TPSA) is 125 Å². The molecule has 0 unspecified atom stereocenters. The summed E-state index contributed by atoms with van der Waals surface area (Å²) >= 11 is 0. The van der Waals surface area contributed by atoms with Crippen molar-refractivity contribution < 1.29 is 33.9 Å². The minimum Gasteiger partial charge on any atom is -0.534 e. The van der Waals surface area contributed by atoms with Crippen LogP contribution in [-0.2, 0) is 11.2 Å². The lowest BCUT2D eigenvalue weighted by Crippen LogP contribution is -2.56. The van der Waals surface area contributed by atoms with Gasteiger partial charge in [-0.1, -0.05) is 25.3 Å². The number of carbonyl (C=O) groups is 3. The van der Waals surface area contributed by atoms with E-state index in [-0.39, 0.29) is 29.4 Å². The van der Waals surface area contributed by atoms with Crippen LogP contribution < -0.4 is 14.7 Å². The average Bonchev–Trinajstić information content (AvgIpc) is 2.90. The minimum absolute atomic E-state index is 0.00460. The van der Waals surface area contributed by atoms with Crippen LogP contribution >= 0.6 is 0 Å². The fourth-order valence-electron chi connectivity index (χ4n) is 4.46. The molecule has 1 aliphatic carbocycles. The van der Waals surface area contributed by atoms with Crippen LogP contribution in [0.5, 0.6) is 11.5 Å². The summed E-state index contributed by atoms with van der Waals surface area (Å²) in [5.41, 5.74) is -0.612. The van der Waals surface area contributed by atoms with Crippen LogP contribution in [0.1, 0.15) is 48.0 Å². The first-order valence-corrected chi connectivity index (χ1v) is 9.31. The number of ether oxygens (including phenoxy) is 1. The van der Waals surface area contributed by atoms with E-state index in [1.54, 1.807) is 6.07 Å². The van der Waals surface area contributed by atoms with Crippen LogP contribution in [0.25, 0.3) is 0 Å². The summed E-state index contributed by atoms with van der Waals surface area (Å²) in [5, 5.41) is 22.9. The molecule has 0 radical (unpaired) electrons. The van der Waals surface area contributed by atoms with E-state index < -0.39 is 30.6 Å². The van der Waals surface area contributed by atoms with Gasteiger partial charge in [0.1, 0.15) is 22.6 Å². The van der Waals surface area contributed by atoms with Crippen molar-refractivity contribution in [2.45, 2.75) is 50.0 Å². The Bertz CT molecular complexity index is 853. The van der Waals surface area contributed by atoms with Gasteiger partial charge in [0.25, 0.3) is 5.91 Å². The Morgan fingerprint density at radius 3 is 2.68 bits per heavy atom. The van der Waals surface area contributed by atoms with Gasteiger partial charge in [0.05, 0.1) is 13.1 Å². The number of hydrogen-bond donors (Lipinski definition) is 3. The standard InChI is InChI=1S/C18H21BN2O7/c1-27-11-6-5-10-9-12(19(26)28-14(10)13(11)15(22)23)21-16(24)18(20-17(21)25)7-3-2-4-8-18/h5-6,12,26H,2-4,7-9H2,1H3,(H,20,25)(H,22,23)/t12-/m0/s1. The molecule has 3 amide bonds. The van der Waals surface area contributed by atoms with Crippen LogP contribution in [0.2, 0.25) is 0 Å². The molecule has 2 fully saturated rings. The van der Waals surface area contributed by atoms with Gasteiger partial charge in [-0.05, 0) is 30.9 Å². The van der Waals surface area contributed by atoms with Gasteiger partial charge in [0.15, 0.2) is 0 Å². The number of carboxylic acids is 1. The Morgan fingerprint density at radius 1 is 1.32 bits per heavy atom. The number of rotatable bonds is 3. The minimum atomic E-state index is -1.54. The highest BCUT2D eigenvalue weighted by molar-refractivity contribution is 6.47. The Labute approximate surface area is 161 Å².